The molecule has 0 fully saturated rings. The topological polar surface area (TPSA) is 89.1 Å². The zero-order valence-electron chi connectivity index (χ0n) is 21.6. The second-order valence-electron chi connectivity index (χ2n) is 9.29. The predicted molar refractivity (Wildman–Crippen MR) is 149 cm³/mol. The smallest absolute Gasteiger partial charge is 0.176 e. The van der Waals surface area contributed by atoms with E-state index in [1.807, 2.05) is 56.3 Å². The van der Waals surface area contributed by atoms with Crippen LogP contribution in [0.15, 0.2) is 65.9 Å². The molecule has 0 spiro atoms. The summed E-state index contributed by atoms with van der Waals surface area (Å²) in [6.07, 6.45) is 0.977. The zero-order valence-corrected chi connectivity index (χ0v) is 22.4. The third-order valence-electron chi connectivity index (χ3n) is 6.95. The van der Waals surface area contributed by atoms with Crippen LogP contribution in [0.4, 0.5) is 11.4 Å². The number of fused-ring (bicyclic) bond motifs is 1. The fraction of sp³-hybridized carbons (Fsp3) is 0.300. The molecule has 1 heterocycles. The van der Waals surface area contributed by atoms with Gasteiger partial charge >= 0.3 is 0 Å². The lowest BCUT2D eigenvalue weighted by molar-refractivity contribution is -0.116. The Balaban J connectivity index is 1.59. The number of hydrogen-bond acceptors (Lipinski definition) is 7. The summed E-state index contributed by atoms with van der Waals surface area (Å²) in [5.41, 5.74) is 5.00. The number of Topliss-reactive ketones (excluding diaryl/α,β-unsaturated/α-hetero) is 1. The number of ether oxygens (including phenoxy) is 3. The highest BCUT2D eigenvalue weighted by atomic mass is 35.5. The summed E-state index contributed by atoms with van der Waals surface area (Å²) in [4.78, 5) is 13.9. The third-order valence-corrected chi connectivity index (χ3v) is 7.24. The zero-order chi connectivity index (χ0) is 26.8. The lowest BCUT2D eigenvalue weighted by Crippen LogP contribution is -2.27. The van der Waals surface area contributed by atoms with E-state index in [-0.39, 0.29) is 28.2 Å². The van der Waals surface area contributed by atoms with Crippen molar-refractivity contribution in [3.8, 4) is 23.0 Å². The van der Waals surface area contributed by atoms with E-state index in [0.29, 0.717) is 43.1 Å². The van der Waals surface area contributed by atoms with Gasteiger partial charge in [0.05, 0.1) is 42.8 Å². The molecule has 38 heavy (non-hydrogen) atoms. The van der Waals surface area contributed by atoms with Crippen LogP contribution >= 0.6 is 11.6 Å². The summed E-state index contributed by atoms with van der Waals surface area (Å²) in [6, 6.07) is 16.7. The Morgan fingerprint density at radius 3 is 2.37 bits per heavy atom. The molecular weight excluding hydrogens is 504 g/mol. The minimum atomic E-state index is -0.484. The van der Waals surface area contributed by atoms with E-state index >= 15 is 0 Å². The van der Waals surface area contributed by atoms with Gasteiger partial charge in [-0.1, -0.05) is 29.8 Å². The van der Waals surface area contributed by atoms with Crippen molar-refractivity contribution in [1.29, 1.82) is 0 Å². The maximum absolute atomic E-state index is 13.9. The van der Waals surface area contributed by atoms with E-state index in [0.717, 1.165) is 28.2 Å². The highest BCUT2D eigenvalue weighted by Gasteiger charge is 2.37. The molecule has 0 saturated carbocycles. The summed E-state index contributed by atoms with van der Waals surface area (Å²) in [5.74, 6) is 1.50. The summed E-state index contributed by atoms with van der Waals surface area (Å²) < 4.78 is 16.9. The van der Waals surface area contributed by atoms with Gasteiger partial charge in [0.25, 0.3) is 0 Å². The van der Waals surface area contributed by atoms with Crippen LogP contribution in [0.3, 0.4) is 0 Å². The number of rotatable bonds is 7. The first-order valence-corrected chi connectivity index (χ1v) is 13.2. The Kier molecular flexibility index (Phi) is 7.38. The van der Waals surface area contributed by atoms with Gasteiger partial charge in [-0.05, 0) is 73.7 Å². The number of benzene rings is 3. The van der Waals surface area contributed by atoms with Gasteiger partial charge in [-0.15, -0.1) is 0 Å². The Morgan fingerprint density at radius 2 is 1.63 bits per heavy atom. The molecule has 1 aliphatic heterocycles. The number of halogens is 1. The molecule has 0 unspecified atom stereocenters. The predicted octanol–water partition coefficient (Wildman–Crippen LogP) is 6.83. The number of carbonyl (C=O) groups is 1. The largest absolute Gasteiger partial charge is 0.503 e. The quantitative estimate of drug-likeness (QED) is 0.306. The SMILES string of the molecule is CCOc1ccc([C@H]2CC(=O)C3=C(C2)Nc2ccccc2N[C@H]3c2cc(Cl)c(O)c(OCC)c2)cc1OC. The molecule has 3 N–H and O–H groups in total. The van der Waals surface area contributed by atoms with Crippen molar-refractivity contribution in [2.45, 2.75) is 38.6 Å². The molecule has 198 valence electrons. The number of methoxy groups -OCH3 is 1. The minimum absolute atomic E-state index is 0.0315. The average Bonchev–Trinajstić information content (AvgIpc) is 3.08. The molecule has 3 aromatic rings. The van der Waals surface area contributed by atoms with E-state index in [9.17, 15) is 9.90 Å². The van der Waals surface area contributed by atoms with Gasteiger partial charge in [-0.25, -0.2) is 0 Å². The van der Waals surface area contributed by atoms with Crippen molar-refractivity contribution >= 4 is 28.8 Å². The van der Waals surface area contributed by atoms with E-state index in [1.54, 1.807) is 19.2 Å². The van der Waals surface area contributed by atoms with Gasteiger partial charge in [0.15, 0.2) is 28.8 Å². The molecule has 0 bridgehead atoms. The Labute approximate surface area is 227 Å². The highest BCUT2D eigenvalue weighted by Crippen LogP contribution is 2.47. The molecule has 0 amide bonds. The number of nitrogens with one attached hydrogen (secondary N) is 2. The first-order valence-electron chi connectivity index (χ1n) is 12.8. The summed E-state index contributed by atoms with van der Waals surface area (Å²) in [7, 11) is 1.62. The number of anilines is 2. The lowest BCUT2D eigenvalue weighted by atomic mass is 9.78. The van der Waals surface area contributed by atoms with Gasteiger partial charge < -0.3 is 30.0 Å². The minimum Gasteiger partial charge on any atom is -0.503 e. The Bertz CT molecular complexity index is 1400. The fourth-order valence-electron chi connectivity index (χ4n) is 5.22. The molecule has 7 nitrogen and oxygen atoms in total. The van der Waals surface area contributed by atoms with Crippen LogP contribution in [0.1, 0.15) is 49.8 Å². The highest BCUT2D eigenvalue weighted by molar-refractivity contribution is 6.32. The van der Waals surface area contributed by atoms with Crippen LogP contribution in [0.25, 0.3) is 0 Å². The molecule has 3 aromatic carbocycles. The van der Waals surface area contributed by atoms with Crippen LogP contribution in [0, 0.1) is 0 Å². The van der Waals surface area contributed by atoms with Gasteiger partial charge in [0, 0.05) is 17.7 Å². The van der Waals surface area contributed by atoms with Crippen LogP contribution in [-0.2, 0) is 4.79 Å². The third kappa shape index (κ3) is 4.86. The van der Waals surface area contributed by atoms with Crippen LogP contribution < -0.4 is 24.8 Å². The lowest BCUT2D eigenvalue weighted by Gasteiger charge is -2.30. The van der Waals surface area contributed by atoms with Crippen molar-refractivity contribution in [3.63, 3.8) is 0 Å². The van der Waals surface area contributed by atoms with Gasteiger partial charge in [-0.3, -0.25) is 4.79 Å². The van der Waals surface area contributed by atoms with E-state index in [1.165, 1.54) is 0 Å². The van der Waals surface area contributed by atoms with E-state index in [2.05, 4.69) is 10.6 Å². The molecule has 1 aliphatic carbocycles. The van der Waals surface area contributed by atoms with Crippen LogP contribution in [-0.4, -0.2) is 31.2 Å². The molecule has 2 atom stereocenters. The number of aromatic hydroxyl groups is 1. The van der Waals surface area contributed by atoms with Gasteiger partial charge in [-0.2, -0.15) is 0 Å². The van der Waals surface area contributed by atoms with Gasteiger partial charge in [0.1, 0.15) is 0 Å². The molecule has 0 aromatic heterocycles. The van der Waals surface area contributed by atoms with Gasteiger partial charge in [0.2, 0.25) is 0 Å². The summed E-state index contributed by atoms with van der Waals surface area (Å²) >= 11 is 6.40. The summed E-state index contributed by atoms with van der Waals surface area (Å²) in [5, 5.41) is 17.7. The number of ketones is 1. The second-order valence-corrected chi connectivity index (χ2v) is 9.70. The van der Waals surface area contributed by atoms with Crippen molar-refractivity contribution in [2.24, 2.45) is 0 Å². The first-order chi connectivity index (χ1) is 18.4. The molecule has 5 rings (SSSR count). The summed E-state index contributed by atoms with van der Waals surface area (Å²) in [6.45, 7) is 4.68. The first kappa shape index (κ1) is 25.8. The van der Waals surface area contributed by atoms with Crippen molar-refractivity contribution in [1.82, 2.24) is 0 Å². The van der Waals surface area contributed by atoms with Crippen molar-refractivity contribution < 1.29 is 24.1 Å². The second kappa shape index (κ2) is 10.9. The number of phenols is 1. The van der Waals surface area contributed by atoms with Crippen molar-refractivity contribution in [2.75, 3.05) is 31.0 Å². The monoisotopic (exact) mass is 534 g/mol. The van der Waals surface area contributed by atoms with Crippen LogP contribution in [0.2, 0.25) is 5.02 Å². The number of carbonyl (C=O) groups excluding carboxylic acids is 1. The number of hydrogen-bond donors (Lipinski definition) is 3. The van der Waals surface area contributed by atoms with E-state index < -0.39 is 6.04 Å². The number of allylic oxidation sites excluding steroid dienone is 1. The molecule has 8 heteroatoms. The molecule has 2 aliphatic rings. The fourth-order valence-corrected chi connectivity index (χ4v) is 5.44. The number of para-hydroxylation sites is 2. The van der Waals surface area contributed by atoms with Crippen molar-refractivity contribution in [3.05, 3.63) is 82.0 Å². The molecule has 0 radical (unpaired) electrons. The van der Waals surface area contributed by atoms with E-state index in [4.69, 9.17) is 25.8 Å². The average molecular weight is 535 g/mol. The molecular formula is C30H31ClN2O5. The standard InChI is InChI=1S/C30H31ClN2O5/c1-4-37-25-11-10-17(15-26(25)36-3)18-13-23-28(24(34)14-18)29(33-22-9-7-6-8-21(22)32-23)19-12-20(31)30(35)27(16-19)38-5-2/h6-12,15-16,18,29,32-33,35H,4-5,13-14H2,1-3H3/t18-,29+/m1/s1. The van der Waals surface area contributed by atoms with Crippen LogP contribution in [0.5, 0.6) is 23.0 Å². The number of phenolic OH excluding ortho intramolecular Hbond substituents is 1. The normalized spacial score (nSPS) is 18.5. The Hall–Kier alpha value is -3.84. The maximum Gasteiger partial charge on any atom is 0.176 e. The maximum atomic E-state index is 13.9. The molecule has 0 saturated heterocycles. The Morgan fingerprint density at radius 1 is 0.921 bits per heavy atom.